The Labute approximate surface area is 165 Å². The first-order valence-corrected chi connectivity index (χ1v) is 9.98. The number of carbonyl (C=O) groups is 1. The topological polar surface area (TPSA) is 63.4 Å². The third-order valence-electron chi connectivity index (χ3n) is 5.29. The van der Waals surface area contributed by atoms with Crippen LogP contribution in [0.2, 0.25) is 0 Å². The molecule has 2 N–H and O–H groups in total. The van der Waals surface area contributed by atoms with Gasteiger partial charge in [-0.3, -0.25) is 4.79 Å². The van der Waals surface area contributed by atoms with Crippen LogP contribution in [0.5, 0.6) is 11.5 Å². The van der Waals surface area contributed by atoms with Crippen LogP contribution in [0.1, 0.15) is 49.7 Å². The van der Waals surface area contributed by atoms with Crippen LogP contribution in [0.25, 0.3) is 10.9 Å². The molecule has 0 spiro atoms. The maximum absolute atomic E-state index is 12.7. The number of benzene rings is 2. The lowest BCUT2D eigenvalue weighted by Crippen LogP contribution is -2.26. The molecule has 0 aliphatic carbocycles. The molecular formula is C23H26N2O3. The first-order valence-electron chi connectivity index (χ1n) is 9.98. The van der Waals surface area contributed by atoms with E-state index < -0.39 is 0 Å². The van der Waals surface area contributed by atoms with Gasteiger partial charge in [0, 0.05) is 36.0 Å². The summed E-state index contributed by atoms with van der Waals surface area (Å²) in [6, 6.07) is 14.2. The highest BCUT2D eigenvalue weighted by atomic mass is 16.7. The van der Waals surface area contributed by atoms with Crippen molar-refractivity contribution in [3.63, 3.8) is 0 Å². The highest BCUT2D eigenvalue weighted by molar-refractivity contribution is 5.86. The number of carbonyl (C=O) groups excluding carboxylic acids is 1. The van der Waals surface area contributed by atoms with Gasteiger partial charge in [-0.05, 0) is 35.7 Å². The summed E-state index contributed by atoms with van der Waals surface area (Å²) in [5, 5.41) is 4.22. The third kappa shape index (κ3) is 3.84. The van der Waals surface area contributed by atoms with E-state index in [1.54, 1.807) is 0 Å². The van der Waals surface area contributed by atoms with E-state index in [2.05, 4.69) is 29.4 Å². The molecule has 1 aliphatic rings. The average molecular weight is 378 g/mol. The summed E-state index contributed by atoms with van der Waals surface area (Å²) in [6.45, 7) is 3.14. The van der Waals surface area contributed by atoms with Crippen LogP contribution in [0.3, 0.4) is 0 Å². The number of fused-ring (bicyclic) bond motifs is 2. The van der Waals surface area contributed by atoms with Crippen molar-refractivity contribution in [1.29, 1.82) is 0 Å². The number of aromatic nitrogens is 1. The fourth-order valence-electron chi connectivity index (χ4n) is 3.78. The number of hydrogen-bond donors (Lipinski definition) is 2. The first-order chi connectivity index (χ1) is 13.8. The number of amides is 1. The maximum atomic E-state index is 12.7. The van der Waals surface area contributed by atoms with E-state index in [0.717, 1.165) is 59.3 Å². The molecule has 0 radical (unpaired) electrons. The molecule has 0 saturated heterocycles. The molecule has 0 saturated carbocycles. The monoisotopic (exact) mass is 378 g/mol. The Hall–Kier alpha value is -2.95. The Morgan fingerprint density at radius 2 is 2.00 bits per heavy atom. The maximum Gasteiger partial charge on any atom is 0.231 e. The van der Waals surface area contributed by atoms with Crippen molar-refractivity contribution in [3.05, 3.63) is 59.8 Å². The van der Waals surface area contributed by atoms with E-state index >= 15 is 0 Å². The van der Waals surface area contributed by atoms with Gasteiger partial charge in [0.15, 0.2) is 11.5 Å². The van der Waals surface area contributed by atoms with Crippen molar-refractivity contribution in [3.8, 4) is 11.5 Å². The van der Waals surface area contributed by atoms with E-state index in [0.29, 0.717) is 6.42 Å². The summed E-state index contributed by atoms with van der Waals surface area (Å²) < 4.78 is 11.0. The van der Waals surface area contributed by atoms with Crippen molar-refractivity contribution in [2.45, 2.75) is 38.5 Å². The average Bonchev–Trinajstić information content (AvgIpc) is 3.36. The molecule has 2 aromatic carbocycles. The van der Waals surface area contributed by atoms with E-state index in [9.17, 15) is 4.79 Å². The molecule has 1 unspecified atom stereocenters. The van der Waals surface area contributed by atoms with Crippen LogP contribution in [0, 0.1) is 0 Å². The van der Waals surface area contributed by atoms with Gasteiger partial charge in [0.25, 0.3) is 0 Å². The number of H-pyrrole nitrogens is 1. The van der Waals surface area contributed by atoms with Gasteiger partial charge in [-0.25, -0.2) is 0 Å². The minimum atomic E-state index is -0.0585. The van der Waals surface area contributed by atoms with Gasteiger partial charge in [-0.2, -0.15) is 0 Å². The molecule has 4 rings (SSSR count). The summed E-state index contributed by atoms with van der Waals surface area (Å²) in [6.07, 6.45) is 5.71. The second-order valence-electron chi connectivity index (χ2n) is 7.22. The van der Waals surface area contributed by atoms with E-state index in [4.69, 9.17) is 9.47 Å². The van der Waals surface area contributed by atoms with Crippen molar-refractivity contribution in [1.82, 2.24) is 10.3 Å². The zero-order valence-corrected chi connectivity index (χ0v) is 16.2. The lowest BCUT2D eigenvalue weighted by Gasteiger charge is -2.18. The highest BCUT2D eigenvalue weighted by Gasteiger charge is 2.24. The molecule has 5 heteroatoms. The molecule has 5 nitrogen and oxygen atoms in total. The number of ether oxygens (including phenoxy) is 2. The SMILES string of the molecule is CCCCCNC(=O)CC(c1ccc2c(c1)OCO2)c1c[nH]c2ccccc12. The number of aromatic amines is 1. The minimum absolute atomic E-state index is 0.0585. The standard InChI is InChI=1S/C23H26N2O3/c1-2-3-6-11-24-23(26)13-18(16-9-10-21-22(12-16)28-15-27-21)19-14-25-20-8-5-4-7-17(19)20/h4-5,7-10,12,14,18,25H,2-3,6,11,13,15H2,1H3,(H,24,26). The molecule has 1 amide bonds. The number of nitrogens with one attached hydrogen (secondary N) is 2. The molecule has 28 heavy (non-hydrogen) atoms. The molecule has 1 atom stereocenters. The largest absolute Gasteiger partial charge is 0.454 e. The van der Waals surface area contributed by atoms with Crippen LogP contribution in [-0.4, -0.2) is 24.2 Å². The fraction of sp³-hybridized carbons (Fsp3) is 0.348. The molecule has 1 aliphatic heterocycles. The Bertz CT molecular complexity index is 963. The van der Waals surface area contributed by atoms with Gasteiger partial charge in [-0.15, -0.1) is 0 Å². The molecule has 1 aromatic heterocycles. The second kappa shape index (κ2) is 8.38. The Kier molecular flexibility index (Phi) is 5.51. The van der Waals surface area contributed by atoms with Gasteiger partial charge in [-0.1, -0.05) is 44.0 Å². The lowest BCUT2D eigenvalue weighted by atomic mass is 9.87. The van der Waals surface area contributed by atoms with E-state index in [1.165, 1.54) is 0 Å². The Morgan fingerprint density at radius 1 is 1.14 bits per heavy atom. The quantitative estimate of drug-likeness (QED) is 0.557. The van der Waals surface area contributed by atoms with Crippen LogP contribution >= 0.6 is 0 Å². The summed E-state index contributed by atoms with van der Waals surface area (Å²) >= 11 is 0. The van der Waals surface area contributed by atoms with E-state index in [-0.39, 0.29) is 18.6 Å². The van der Waals surface area contributed by atoms with Gasteiger partial charge in [0.05, 0.1) is 0 Å². The number of unbranched alkanes of at least 4 members (excludes halogenated alkanes) is 2. The summed E-state index contributed by atoms with van der Waals surface area (Å²) in [4.78, 5) is 16.0. The molecule has 0 bridgehead atoms. The van der Waals surface area contributed by atoms with E-state index in [1.807, 2.05) is 36.5 Å². The van der Waals surface area contributed by atoms with Gasteiger partial charge in [0.2, 0.25) is 12.7 Å². The van der Waals surface area contributed by atoms with Gasteiger partial charge in [0.1, 0.15) is 0 Å². The predicted octanol–water partition coefficient (Wildman–Crippen LogP) is 4.73. The van der Waals surface area contributed by atoms with Gasteiger partial charge >= 0.3 is 0 Å². The normalized spacial score (nSPS) is 13.6. The van der Waals surface area contributed by atoms with Crippen LogP contribution in [0.15, 0.2) is 48.7 Å². The van der Waals surface area contributed by atoms with Gasteiger partial charge < -0.3 is 19.8 Å². The Balaban J connectivity index is 1.62. The zero-order chi connectivity index (χ0) is 19.3. The fourth-order valence-corrected chi connectivity index (χ4v) is 3.78. The molecule has 146 valence electrons. The number of para-hydroxylation sites is 1. The first kappa shape index (κ1) is 18.4. The minimum Gasteiger partial charge on any atom is -0.454 e. The van der Waals surface area contributed by atoms with Crippen LogP contribution < -0.4 is 14.8 Å². The van der Waals surface area contributed by atoms with Crippen molar-refractivity contribution < 1.29 is 14.3 Å². The van der Waals surface area contributed by atoms with Crippen LogP contribution in [0.4, 0.5) is 0 Å². The second-order valence-corrected chi connectivity index (χ2v) is 7.22. The number of hydrogen-bond acceptors (Lipinski definition) is 3. The number of rotatable bonds is 8. The van der Waals surface area contributed by atoms with Crippen LogP contribution in [-0.2, 0) is 4.79 Å². The summed E-state index contributed by atoms with van der Waals surface area (Å²) in [7, 11) is 0. The molecule has 2 heterocycles. The van der Waals surface area contributed by atoms with Crippen molar-refractivity contribution >= 4 is 16.8 Å². The molecule has 0 fully saturated rings. The molecular weight excluding hydrogens is 352 g/mol. The lowest BCUT2D eigenvalue weighted by molar-refractivity contribution is -0.121. The Morgan fingerprint density at radius 3 is 2.89 bits per heavy atom. The smallest absolute Gasteiger partial charge is 0.231 e. The molecule has 3 aromatic rings. The van der Waals surface area contributed by atoms with Crippen molar-refractivity contribution in [2.24, 2.45) is 0 Å². The predicted molar refractivity (Wildman–Crippen MR) is 110 cm³/mol. The third-order valence-corrected chi connectivity index (χ3v) is 5.29. The zero-order valence-electron chi connectivity index (χ0n) is 16.2. The summed E-state index contributed by atoms with van der Waals surface area (Å²) in [5.41, 5.74) is 3.25. The summed E-state index contributed by atoms with van der Waals surface area (Å²) in [5.74, 6) is 1.51. The van der Waals surface area contributed by atoms with Crippen molar-refractivity contribution in [2.75, 3.05) is 13.3 Å². The highest BCUT2D eigenvalue weighted by Crippen LogP contribution is 2.39.